The maximum atomic E-state index is 13.4. The molecule has 0 bridgehead atoms. The van der Waals surface area contributed by atoms with Crippen molar-refractivity contribution in [1.82, 2.24) is 14.8 Å². The lowest BCUT2D eigenvalue weighted by molar-refractivity contribution is -0.128. The standard InChI is InChI=1S/C24H21N3O2S/c28-23-19-12-17-16-3-1-2-4-18(16)25-21(17)22(27(19)24(30)26(23)15-7-8-15)14-6-5-13-9-10-29-20(13)11-14/h1-6,11,15,19,22,25H,7-10,12H2. The highest BCUT2D eigenvalue weighted by Crippen LogP contribution is 2.47. The van der Waals surface area contributed by atoms with Crippen molar-refractivity contribution in [3.05, 3.63) is 64.8 Å². The van der Waals surface area contributed by atoms with Crippen LogP contribution >= 0.6 is 12.2 Å². The van der Waals surface area contributed by atoms with Crippen molar-refractivity contribution in [3.63, 3.8) is 0 Å². The third kappa shape index (κ3) is 2.17. The number of carbonyl (C=O) groups is 1. The number of hydrogen-bond donors (Lipinski definition) is 1. The molecular formula is C24H21N3O2S. The van der Waals surface area contributed by atoms with Crippen LogP contribution in [0.5, 0.6) is 5.75 Å². The van der Waals surface area contributed by atoms with Crippen LogP contribution < -0.4 is 4.74 Å². The highest BCUT2D eigenvalue weighted by molar-refractivity contribution is 7.80. The van der Waals surface area contributed by atoms with Gasteiger partial charge in [0, 0.05) is 35.5 Å². The fourth-order valence-electron chi connectivity index (χ4n) is 5.46. The van der Waals surface area contributed by atoms with E-state index >= 15 is 0 Å². The first-order valence-electron chi connectivity index (χ1n) is 10.7. The molecule has 1 amide bonds. The lowest BCUT2D eigenvalue weighted by Gasteiger charge is -2.37. The SMILES string of the molecule is O=C1C2Cc3c([nH]c4ccccc34)C(c3ccc4c(c3)OCC4)N2C(=S)N1C1CC1. The molecule has 0 radical (unpaired) electrons. The van der Waals surface area contributed by atoms with Crippen LogP contribution in [0.2, 0.25) is 0 Å². The number of rotatable bonds is 2. The molecule has 1 aromatic heterocycles. The van der Waals surface area contributed by atoms with Gasteiger partial charge in [-0.2, -0.15) is 0 Å². The summed E-state index contributed by atoms with van der Waals surface area (Å²) in [6.45, 7) is 0.736. The number of nitrogens with one attached hydrogen (secondary N) is 1. The van der Waals surface area contributed by atoms with E-state index in [0.717, 1.165) is 48.4 Å². The predicted molar refractivity (Wildman–Crippen MR) is 118 cm³/mol. The van der Waals surface area contributed by atoms with Gasteiger partial charge in [0.1, 0.15) is 11.8 Å². The second kappa shape index (κ2) is 5.85. The number of thiocarbonyl (C=S) groups is 1. The van der Waals surface area contributed by atoms with Gasteiger partial charge in [0.2, 0.25) is 0 Å². The van der Waals surface area contributed by atoms with Gasteiger partial charge in [0.05, 0.1) is 12.6 Å². The first-order valence-corrected chi connectivity index (χ1v) is 11.1. The number of aromatic nitrogens is 1. The molecular weight excluding hydrogens is 394 g/mol. The van der Waals surface area contributed by atoms with Crippen molar-refractivity contribution in [1.29, 1.82) is 0 Å². The molecule has 30 heavy (non-hydrogen) atoms. The summed E-state index contributed by atoms with van der Waals surface area (Å²) in [6.07, 6.45) is 3.76. The average molecular weight is 416 g/mol. The van der Waals surface area contributed by atoms with E-state index in [9.17, 15) is 4.79 Å². The van der Waals surface area contributed by atoms with Crippen molar-refractivity contribution in [2.75, 3.05) is 6.61 Å². The quantitative estimate of drug-likeness (QED) is 0.649. The van der Waals surface area contributed by atoms with Crippen LogP contribution in [0.4, 0.5) is 0 Å². The van der Waals surface area contributed by atoms with Crippen molar-refractivity contribution >= 4 is 34.1 Å². The molecule has 3 aliphatic heterocycles. The number of para-hydroxylation sites is 1. The van der Waals surface area contributed by atoms with E-state index in [-0.39, 0.29) is 24.0 Å². The Morgan fingerprint density at radius 1 is 1.13 bits per heavy atom. The highest BCUT2D eigenvalue weighted by atomic mass is 32.1. The van der Waals surface area contributed by atoms with E-state index in [1.165, 1.54) is 16.5 Å². The molecule has 1 saturated heterocycles. The Kier molecular flexibility index (Phi) is 3.29. The second-order valence-corrected chi connectivity index (χ2v) is 9.15. The smallest absolute Gasteiger partial charge is 0.252 e. The van der Waals surface area contributed by atoms with Crippen molar-refractivity contribution < 1.29 is 9.53 Å². The lowest BCUT2D eigenvalue weighted by atomic mass is 9.88. The molecule has 2 aromatic carbocycles. The molecule has 0 spiro atoms. The van der Waals surface area contributed by atoms with Crippen molar-refractivity contribution in [2.45, 2.75) is 43.8 Å². The molecule has 4 heterocycles. The van der Waals surface area contributed by atoms with Crippen molar-refractivity contribution in [2.24, 2.45) is 0 Å². The first kappa shape index (κ1) is 16.9. The Morgan fingerprint density at radius 2 is 2.00 bits per heavy atom. The Balaban J connectivity index is 1.45. The molecule has 3 aromatic rings. The van der Waals surface area contributed by atoms with Crippen LogP contribution in [-0.4, -0.2) is 44.5 Å². The minimum Gasteiger partial charge on any atom is -0.493 e. The zero-order valence-corrected chi connectivity index (χ0v) is 17.2. The third-order valence-electron chi connectivity index (χ3n) is 7.03. The fourth-order valence-corrected chi connectivity index (χ4v) is 5.94. The van der Waals surface area contributed by atoms with Crippen LogP contribution in [0.25, 0.3) is 10.9 Å². The summed E-state index contributed by atoms with van der Waals surface area (Å²) in [7, 11) is 0. The number of benzene rings is 2. The number of H-pyrrole nitrogens is 1. The Hall–Kier alpha value is -2.86. The van der Waals surface area contributed by atoms with Gasteiger partial charge < -0.3 is 14.6 Å². The summed E-state index contributed by atoms with van der Waals surface area (Å²) in [5, 5.41) is 1.89. The molecule has 6 heteroatoms. The Morgan fingerprint density at radius 3 is 2.87 bits per heavy atom. The van der Waals surface area contributed by atoms with Gasteiger partial charge >= 0.3 is 0 Å². The van der Waals surface area contributed by atoms with E-state index in [4.69, 9.17) is 17.0 Å². The number of hydrogen-bond acceptors (Lipinski definition) is 3. The minimum absolute atomic E-state index is 0.110. The highest BCUT2D eigenvalue weighted by Gasteiger charge is 2.53. The fraction of sp³-hybridized carbons (Fsp3) is 0.333. The molecule has 2 unspecified atom stereocenters. The zero-order valence-electron chi connectivity index (χ0n) is 16.4. The second-order valence-electron chi connectivity index (χ2n) is 8.78. The number of ether oxygens (including phenoxy) is 1. The number of carbonyl (C=O) groups excluding carboxylic acids is 1. The van der Waals surface area contributed by atoms with Gasteiger partial charge in [0.25, 0.3) is 5.91 Å². The monoisotopic (exact) mass is 415 g/mol. The molecule has 4 aliphatic rings. The predicted octanol–water partition coefficient (Wildman–Crippen LogP) is 3.71. The summed E-state index contributed by atoms with van der Waals surface area (Å²) < 4.78 is 5.87. The summed E-state index contributed by atoms with van der Waals surface area (Å²) in [5.41, 5.74) is 5.89. The molecule has 150 valence electrons. The topological polar surface area (TPSA) is 48.6 Å². The Labute approximate surface area is 179 Å². The van der Waals surface area contributed by atoms with Gasteiger partial charge in [-0.15, -0.1) is 0 Å². The van der Waals surface area contributed by atoms with E-state index < -0.39 is 0 Å². The molecule has 1 saturated carbocycles. The van der Waals surface area contributed by atoms with Crippen LogP contribution in [0.3, 0.4) is 0 Å². The van der Waals surface area contributed by atoms with Crippen LogP contribution in [0.1, 0.15) is 41.3 Å². The zero-order chi connectivity index (χ0) is 20.0. The Bertz CT molecular complexity index is 1240. The molecule has 1 aliphatic carbocycles. The van der Waals surface area contributed by atoms with Gasteiger partial charge in [-0.3, -0.25) is 9.69 Å². The number of fused-ring (bicyclic) bond motifs is 5. The molecule has 7 rings (SSSR count). The first-order chi connectivity index (χ1) is 14.7. The van der Waals surface area contributed by atoms with Crippen LogP contribution in [0, 0.1) is 0 Å². The summed E-state index contributed by atoms with van der Waals surface area (Å²) in [4.78, 5) is 21.2. The number of amides is 1. The normalized spacial score (nSPS) is 24.8. The number of nitrogens with zero attached hydrogens (tertiary/aromatic N) is 2. The summed E-state index contributed by atoms with van der Waals surface area (Å²) >= 11 is 5.90. The summed E-state index contributed by atoms with van der Waals surface area (Å²) in [5.74, 6) is 1.13. The molecule has 5 nitrogen and oxygen atoms in total. The van der Waals surface area contributed by atoms with E-state index in [1.807, 2.05) is 11.0 Å². The van der Waals surface area contributed by atoms with E-state index in [2.05, 4.69) is 46.3 Å². The van der Waals surface area contributed by atoms with E-state index in [0.29, 0.717) is 11.5 Å². The van der Waals surface area contributed by atoms with Crippen LogP contribution in [0.15, 0.2) is 42.5 Å². The average Bonchev–Trinajstić information content (AvgIpc) is 3.27. The third-order valence-corrected chi connectivity index (χ3v) is 7.44. The summed E-state index contributed by atoms with van der Waals surface area (Å²) in [6, 6.07) is 14.8. The van der Waals surface area contributed by atoms with Crippen LogP contribution in [-0.2, 0) is 17.6 Å². The maximum Gasteiger partial charge on any atom is 0.252 e. The van der Waals surface area contributed by atoms with Gasteiger partial charge in [-0.25, -0.2) is 0 Å². The number of aromatic amines is 1. The lowest BCUT2D eigenvalue weighted by Crippen LogP contribution is -2.44. The van der Waals surface area contributed by atoms with Gasteiger partial charge in [-0.05, 0) is 53.9 Å². The molecule has 2 atom stereocenters. The molecule has 1 N–H and O–H groups in total. The largest absolute Gasteiger partial charge is 0.493 e. The molecule has 2 fully saturated rings. The minimum atomic E-state index is -0.232. The van der Waals surface area contributed by atoms with E-state index in [1.54, 1.807) is 0 Å². The van der Waals surface area contributed by atoms with Gasteiger partial charge in [0.15, 0.2) is 5.11 Å². The van der Waals surface area contributed by atoms with Gasteiger partial charge in [-0.1, -0.05) is 30.3 Å². The van der Waals surface area contributed by atoms with Crippen molar-refractivity contribution in [3.8, 4) is 5.75 Å². The maximum absolute atomic E-state index is 13.4.